The van der Waals surface area contributed by atoms with E-state index in [-0.39, 0.29) is 6.09 Å². The molecule has 1 fully saturated rings. The molecule has 15 heavy (non-hydrogen) atoms. The van der Waals surface area contributed by atoms with Crippen molar-refractivity contribution in [2.24, 2.45) is 0 Å². The summed E-state index contributed by atoms with van der Waals surface area (Å²) in [6.45, 7) is 9.18. The molecule has 0 bridgehead atoms. The zero-order valence-corrected chi connectivity index (χ0v) is 10.1. The number of nitrogens with one attached hydrogen (secondary N) is 2. The Bertz CT molecular complexity index is 229. The fraction of sp³-hybridized carbons (Fsp3) is 0.909. The van der Waals surface area contributed by atoms with Crippen LogP contribution in [0.1, 0.15) is 40.5 Å². The highest BCUT2D eigenvalue weighted by Gasteiger charge is 2.36. The van der Waals surface area contributed by atoms with Gasteiger partial charge in [-0.25, -0.2) is 4.79 Å². The molecule has 2 N–H and O–H groups in total. The highest BCUT2D eigenvalue weighted by molar-refractivity contribution is 5.67. The quantitative estimate of drug-likeness (QED) is 0.700. The van der Waals surface area contributed by atoms with E-state index in [4.69, 9.17) is 4.74 Å². The van der Waals surface area contributed by atoms with Crippen molar-refractivity contribution in [3.8, 4) is 0 Å². The minimum atomic E-state index is -0.417. The van der Waals surface area contributed by atoms with E-state index in [9.17, 15) is 4.79 Å². The van der Waals surface area contributed by atoms with Gasteiger partial charge in [-0.2, -0.15) is 0 Å². The van der Waals surface area contributed by atoms with Crippen LogP contribution in [-0.4, -0.2) is 30.3 Å². The van der Waals surface area contributed by atoms with Gasteiger partial charge >= 0.3 is 6.09 Å². The Morgan fingerprint density at radius 3 is 2.40 bits per heavy atom. The molecule has 0 unspecified atom stereocenters. The van der Waals surface area contributed by atoms with Crippen molar-refractivity contribution in [2.75, 3.05) is 13.1 Å². The molecule has 0 aromatic heterocycles. The third-order valence-electron chi connectivity index (χ3n) is 2.34. The predicted octanol–water partition coefficient (Wildman–Crippen LogP) is 1.65. The van der Waals surface area contributed by atoms with Crippen molar-refractivity contribution in [3.05, 3.63) is 0 Å². The van der Waals surface area contributed by atoms with Gasteiger partial charge in [-0.15, -0.1) is 0 Å². The fourth-order valence-electron chi connectivity index (χ4n) is 1.21. The van der Waals surface area contributed by atoms with E-state index in [1.54, 1.807) is 0 Å². The van der Waals surface area contributed by atoms with Gasteiger partial charge in [0.25, 0.3) is 0 Å². The van der Waals surface area contributed by atoms with Gasteiger partial charge in [0.2, 0.25) is 0 Å². The monoisotopic (exact) mass is 214 g/mol. The zero-order valence-electron chi connectivity index (χ0n) is 10.1. The summed E-state index contributed by atoms with van der Waals surface area (Å²) in [7, 11) is 0. The molecule has 0 radical (unpaired) electrons. The molecule has 4 heteroatoms. The van der Waals surface area contributed by atoms with Crippen LogP contribution in [0.3, 0.4) is 0 Å². The Morgan fingerprint density at radius 1 is 1.33 bits per heavy atom. The average molecular weight is 214 g/mol. The smallest absolute Gasteiger partial charge is 0.407 e. The highest BCUT2D eigenvalue weighted by atomic mass is 16.6. The van der Waals surface area contributed by atoms with Crippen molar-refractivity contribution in [1.82, 2.24) is 10.6 Å². The summed E-state index contributed by atoms with van der Waals surface area (Å²) in [5.41, 5.74) is -0.0877. The van der Waals surface area contributed by atoms with E-state index in [0.717, 1.165) is 6.54 Å². The van der Waals surface area contributed by atoms with Crippen molar-refractivity contribution in [3.63, 3.8) is 0 Å². The second-order valence-corrected chi connectivity index (χ2v) is 5.42. The second-order valence-electron chi connectivity index (χ2n) is 5.42. The second kappa shape index (κ2) is 4.39. The SMILES string of the molecule is CC1(NCCNC(=O)OC(C)(C)C)CC1. The molecule has 1 aliphatic carbocycles. The van der Waals surface area contributed by atoms with E-state index < -0.39 is 5.60 Å². The number of carbonyl (C=O) groups is 1. The minimum Gasteiger partial charge on any atom is -0.444 e. The van der Waals surface area contributed by atoms with Crippen molar-refractivity contribution in [1.29, 1.82) is 0 Å². The molecule has 0 heterocycles. The van der Waals surface area contributed by atoms with Gasteiger partial charge < -0.3 is 15.4 Å². The van der Waals surface area contributed by atoms with Crippen molar-refractivity contribution < 1.29 is 9.53 Å². The van der Waals surface area contributed by atoms with Crippen LogP contribution in [-0.2, 0) is 4.74 Å². The highest BCUT2D eigenvalue weighted by Crippen LogP contribution is 2.33. The molecule has 1 amide bonds. The molecule has 0 saturated heterocycles. The first-order chi connectivity index (χ1) is 6.81. The first-order valence-corrected chi connectivity index (χ1v) is 5.53. The number of alkyl carbamates (subject to hydrolysis) is 1. The Hall–Kier alpha value is -0.770. The lowest BCUT2D eigenvalue weighted by Crippen LogP contribution is -2.39. The van der Waals surface area contributed by atoms with Gasteiger partial charge in [-0.3, -0.25) is 0 Å². The largest absolute Gasteiger partial charge is 0.444 e. The maximum atomic E-state index is 11.2. The van der Waals surface area contributed by atoms with Crippen LogP contribution in [0.25, 0.3) is 0 Å². The molecular formula is C11H22N2O2. The number of rotatable bonds is 4. The van der Waals surface area contributed by atoms with Gasteiger partial charge in [0.05, 0.1) is 0 Å². The molecule has 88 valence electrons. The number of hydrogen-bond acceptors (Lipinski definition) is 3. The van der Waals surface area contributed by atoms with Crippen LogP contribution in [0, 0.1) is 0 Å². The maximum absolute atomic E-state index is 11.2. The van der Waals surface area contributed by atoms with E-state index >= 15 is 0 Å². The first-order valence-electron chi connectivity index (χ1n) is 5.53. The van der Waals surface area contributed by atoms with Crippen LogP contribution in [0.5, 0.6) is 0 Å². The third kappa shape index (κ3) is 5.62. The molecule has 1 aliphatic rings. The fourth-order valence-corrected chi connectivity index (χ4v) is 1.21. The van der Waals surface area contributed by atoms with E-state index in [1.165, 1.54) is 12.8 Å². The molecule has 1 saturated carbocycles. The van der Waals surface area contributed by atoms with Crippen LogP contribution >= 0.6 is 0 Å². The number of ether oxygens (including phenoxy) is 1. The Balaban J connectivity index is 2.02. The Morgan fingerprint density at radius 2 is 1.93 bits per heavy atom. The van der Waals surface area contributed by atoms with Gasteiger partial charge in [0.1, 0.15) is 5.60 Å². The summed E-state index contributed by atoms with van der Waals surface area (Å²) >= 11 is 0. The molecule has 0 aliphatic heterocycles. The first kappa shape index (κ1) is 12.3. The molecule has 0 atom stereocenters. The van der Waals surface area contributed by atoms with Crippen molar-refractivity contribution >= 4 is 6.09 Å². The molecular weight excluding hydrogens is 192 g/mol. The van der Waals surface area contributed by atoms with E-state index in [1.807, 2.05) is 20.8 Å². The Kier molecular flexibility index (Phi) is 3.60. The normalized spacial score (nSPS) is 18.4. The molecule has 0 aromatic carbocycles. The standard InChI is InChI=1S/C11H22N2O2/c1-10(2,3)15-9(14)12-7-8-13-11(4)5-6-11/h13H,5-8H2,1-4H3,(H,12,14). The van der Waals surface area contributed by atoms with Crippen LogP contribution < -0.4 is 10.6 Å². The van der Waals surface area contributed by atoms with Crippen molar-refractivity contribution in [2.45, 2.75) is 51.7 Å². The number of hydrogen-bond donors (Lipinski definition) is 2. The maximum Gasteiger partial charge on any atom is 0.407 e. The number of carbonyl (C=O) groups excluding carboxylic acids is 1. The molecule has 0 aromatic rings. The summed E-state index contributed by atoms with van der Waals surface area (Å²) in [4.78, 5) is 11.2. The average Bonchev–Trinajstić information content (AvgIpc) is 2.75. The third-order valence-corrected chi connectivity index (χ3v) is 2.34. The molecule has 1 rings (SSSR count). The molecule has 0 spiro atoms. The topological polar surface area (TPSA) is 50.4 Å². The summed E-state index contributed by atoms with van der Waals surface area (Å²) in [5.74, 6) is 0. The summed E-state index contributed by atoms with van der Waals surface area (Å²) in [5, 5.41) is 6.10. The summed E-state index contributed by atoms with van der Waals surface area (Å²) < 4.78 is 5.11. The van der Waals surface area contributed by atoms with Crippen LogP contribution in [0.4, 0.5) is 4.79 Å². The van der Waals surface area contributed by atoms with Crippen LogP contribution in [0.2, 0.25) is 0 Å². The summed E-state index contributed by atoms with van der Waals surface area (Å²) in [6, 6.07) is 0. The lowest BCUT2D eigenvalue weighted by atomic mass is 10.2. The van der Waals surface area contributed by atoms with Crippen LogP contribution in [0.15, 0.2) is 0 Å². The lowest BCUT2D eigenvalue weighted by molar-refractivity contribution is 0.0528. The van der Waals surface area contributed by atoms with Gasteiger partial charge in [0.15, 0.2) is 0 Å². The van der Waals surface area contributed by atoms with Gasteiger partial charge in [-0.1, -0.05) is 0 Å². The Labute approximate surface area is 91.8 Å². The number of amides is 1. The minimum absolute atomic E-state index is 0.329. The zero-order chi connectivity index (χ0) is 11.5. The van der Waals surface area contributed by atoms with Gasteiger partial charge in [-0.05, 0) is 40.5 Å². The predicted molar refractivity (Wildman–Crippen MR) is 59.9 cm³/mol. The van der Waals surface area contributed by atoms with E-state index in [0.29, 0.717) is 12.1 Å². The summed E-state index contributed by atoms with van der Waals surface area (Å²) in [6.07, 6.45) is 2.13. The lowest BCUT2D eigenvalue weighted by Gasteiger charge is -2.20. The van der Waals surface area contributed by atoms with Gasteiger partial charge in [0, 0.05) is 18.6 Å². The van der Waals surface area contributed by atoms with E-state index in [2.05, 4.69) is 17.6 Å². The molecule has 4 nitrogen and oxygen atoms in total.